The van der Waals surface area contributed by atoms with E-state index >= 15 is 0 Å². The van der Waals surface area contributed by atoms with E-state index in [4.69, 9.17) is 4.74 Å². The first-order valence-electron chi connectivity index (χ1n) is 11.4. The lowest BCUT2D eigenvalue weighted by Gasteiger charge is -2.31. The monoisotopic (exact) mass is 483 g/mol. The van der Waals surface area contributed by atoms with E-state index in [1.165, 1.54) is 12.1 Å². The number of hydrogen-bond donors (Lipinski definition) is 1. The van der Waals surface area contributed by atoms with Gasteiger partial charge in [-0.3, -0.25) is 9.78 Å². The van der Waals surface area contributed by atoms with E-state index < -0.39 is 17.8 Å². The fourth-order valence-corrected chi connectivity index (χ4v) is 4.08. The molecule has 2 aromatic heterocycles. The van der Waals surface area contributed by atoms with Crippen molar-refractivity contribution in [3.63, 3.8) is 0 Å². The Bertz CT molecular complexity index is 1380. The summed E-state index contributed by atoms with van der Waals surface area (Å²) in [4.78, 5) is 22.6. The lowest BCUT2D eigenvalue weighted by Crippen LogP contribution is -2.39. The quantitative estimate of drug-likeness (QED) is 0.413. The molecule has 1 aliphatic heterocycles. The van der Waals surface area contributed by atoms with Crippen LogP contribution in [0.15, 0.2) is 59.4 Å². The summed E-state index contributed by atoms with van der Waals surface area (Å²) in [5.74, 6) is 0.464. The van der Waals surface area contributed by atoms with Crippen LogP contribution in [0.25, 0.3) is 11.0 Å². The van der Waals surface area contributed by atoms with Gasteiger partial charge in [-0.15, -0.1) is 0 Å². The summed E-state index contributed by atoms with van der Waals surface area (Å²) in [7, 11) is 0. The molecule has 7 nitrogen and oxygen atoms in total. The fraction of sp³-hybridized carbons (Fsp3) is 0.320. The second-order valence-corrected chi connectivity index (χ2v) is 8.59. The summed E-state index contributed by atoms with van der Waals surface area (Å²) in [6.07, 6.45) is -3.40. The van der Waals surface area contributed by atoms with Crippen LogP contribution in [0.3, 0.4) is 0 Å². The van der Waals surface area contributed by atoms with Gasteiger partial charge < -0.3 is 9.64 Å². The number of nitrogens with zero attached hydrogens (tertiary/aromatic N) is 4. The van der Waals surface area contributed by atoms with Crippen molar-refractivity contribution in [2.45, 2.75) is 38.8 Å². The van der Waals surface area contributed by atoms with Gasteiger partial charge in [0.05, 0.1) is 24.8 Å². The maximum absolute atomic E-state index is 13.1. The minimum atomic E-state index is -4.41. The van der Waals surface area contributed by atoms with E-state index in [1.807, 2.05) is 42.2 Å². The minimum absolute atomic E-state index is 0.0892. The Morgan fingerprint density at radius 3 is 2.40 bits per heavy atom. The Kier molecular flexibility index (Phi) is 6.06. The van der Waals surface area contributed by atoms with Crippen molar-refractivity contribution in [2.24, 2.45) is 0 Å². The number of rotatable bonds is 7. The molecule has 1 saturated heterocycles. The first-order valence-corrected chi connectivity index (χ1v) is 11.4. The molecule has 0 aliphatic carbocycles. The zero-order chi connectivity index (χ0) is 24.6. The summed E-state index contributed by atoms with van der Waals surface area (Å²) in [5, 5.41) is 4.96. The second kappa shape index (κ2) is 9.18. The molecule has 35 heavy (non-hydrogen) atoms. The zero-order valence-corrected chi connectivity index (χ0v) is 19.0. The molecule has 1 aliphatic rings. The van der Waals surface area contributed by atoms with E-state index in [0.29, 0.717) is 34.8 Å². The molecule has 0 bridgehead atoms. The third-order valence-corrected chi connectivity index (χ3v) is 6.22. The Hall–Kier alpha value is -3.66. The summed E-state index contributed by atoms with van der Waals surface area (Å²) < 4.78 is 46.5. The van der Waals surface area contributed by atoms with Gasteiger partial charge in [0.2, 0.25) is 5.95 Å². The van der Waals surface area contributed by atoms with Crippen molar-refractivity contribution in [2.75, 3.05) is 18.0 Å². The van der Waals surface area contributed by atoms with Gasteiger partial charge in [-0.25, -0.2) is 4.68 Å². The number of alkyl halides is 3. The number of anilines is 1. The first kappa shape index (κ1) is 23.1. The van der Waals surface area contributed by atoms with E-state index in [0.717, 1.165) is 37.2 Å². The zero-order valence-electron chi connectivity index (χ0n) is 19.0. The second-order valence-electron chi connectivity index (χ2n) is 8.59. The molecule has 2 aromatic carbocycles. The van der Waals surface area contributed by atoms with E-state index in [2.05, 4.69) is 15.1 Å². The van der Waals surface area contributed by atoms with Crippen molar-refractivity contribution in [1.82, 2.24) is 19.7 Å². The number of halogens is 3. The number of H-pyrrole nitrogens is 1. The Morgan fingerprint density at radius 1 is 1.06 bits per heavy atom. The predicted octanol–water partition coefficient (Wildman–Crippen LogP) is 4.67. The minimum Gasteiger partial charge on any atom is -0.370 e. The maximum atomic E-state index is 13.1. The van der Waals surface area contributed by atoms with Gasteiger partial charge in [0.15, 0.2) is 5.65 Å². The fourth-order valence-electron chi connectivity index (χ4n) is 4.08. The van der Waals surface area contributed by atoms with Gasteiger partial charge in [0.1, 0.15) is 11.1 Å². The van der Waals surface area contributed by atoms with Crippen molar-refractivity contribution >= 4 is 17.0 Å². The van der Waals surface area contributed by atoms with E-state index in [1.54, 1.807) is 4.68 Å². The SMILES string of the molecule is CC(c1ccc(C(F)(F)F)cc1)n1nc(COCc2ccccc2)c2c(=O)[nH]c(N3CCC3)nc21. The molecule has 1 N–H and O–H groups in total. The topological polar surface area (TPSA) is 76.0 Å². The van der Waals surface area contributed by atoms with Crippen molar-refractivity contribution in [3.8, 4) is 0 Å². The van der Waals surface area contributed by atoms with Crippen LogP contribution in [0.1, 0.15) is 41.8 Å². The first-order chi connectivity index (χ1) is 16.8. The van der Waals surface area contributed by atoms with Crippen molar-refractivity contribution < 1.29 is 17.9 Å². The van der Waals surface area contributed by atoms with Crippen LogP contribution in [0.5, 0.6) is 0 Å². The highest BCUT2D eigenvalue weighted by atomic mass is 19.4. The molecule has 0 spiro atoms. The molecule has 10 heteroatoms. The lowest BCUT2D eigenvalue weighted by atomic mass is 10.1. The number of nitrogens with one attached hydrogen (secondary N) is 1. The van der Waals surface area contributed by atoms with Crippen LogP contribution in [-0.2, 0) is 24.1 Å². The van der Waals surface area contributed by atoms with Crippen molar-refractivity contribution in [1.29, 1.82) is 0 Å². The number of hydrogen-bond acceptors (Lipinski definition) is 5. The molecular weight excluding hydrogens is 459 g/mol. The van der Waals surface area contributed by atoms with Gasteiger partial charge in [-0.2, -0.15) is 23.3 Å². The number of fused-ring (bicyclic) bond motifs is 1. The van der Waals surface area contributed by atoms with Crippen LogP contribution < -0.4 is 10.5 Å². The van der Waals surface area contributed by atoms with Gasteiger partial charge in [0, 0.05) is 13.1 Å². The highest BCUT2D eigenvalue weighted by Crippen LogP contribution is 2.31. The molecule has 5 rings (SSSR count). The third-order valence-electron chi connectivity index (χ3n) is 6.22. The van der Waals surface area contributed by atoms with Crippen LogP contribution in [-0.4, -0.2) is 32.8 Å². The van der Waals surface area contributed by atoms with Crippen LogP contribution in [0.4, 0.5) is 19.1 Å². The summed E-state index contributed by atoms with van der Waals surface area (Å²) in [5.41, 5.74) is 1.37. The number of ether oxygens (including phenoxy) is 1. The third kappa shape index (κ3) is 4.66. The maximum Gasteiger partial charge on any atom is 0.416 e. The Morgan fingerprint density at radius 2 is 1.77 bits per heavy atom. The Labute approximate surface area is 199 Å². The summed E-state index contributed by atoms with van der Waals surface area (Å²) >= 11 is 0. The average Bonchev–Trinajstić information content (AvgIpc) is 3.17. The largest absolute Gasteiger partial charge is 0.416 e. The lowest BCUT2D eigenvalue weighted by molar-refractivity contribution is -0.137. The van der Waals surface area contributed by atoms with Gasteiger partial charge in [-0.05, 0) is 36.6 Å². The van der Waals surface area contributed by atoms with Crippen molar-refractivity contribution in [3.05, 3.63) is 87.3 Å². The normalized spacial score (nSPS) is 14.8. The predicted molar refractivity (Wildman–Crippen MR) is 125 cm³/mol. The molecule has 3 heterocycles. The molecular formula is C25H24F3N5O2. The molecule has 0 amide bonds. The van der Waals surface area contributed by atoms with E-state index in [-0.39, 0.29) is 12.2 Å². The standard InChI is InChI=1S/C25H24F3N5O2/c1-16(18-8-10-19(11-9-18)25(26,27)28)33-22-21(23(34)30-24(29-22)32-12-5-13-32)20(31-33)15-35-14-17-6-3-2-4-7-17/h2-4,6-11,16H,5,12-15H2,1H3,(H,29,30,34). The highest BCUT2D eigenvalue weighted by Gasteiger charge is 2.30. The van der Waals surface area contributed by atoms with E-state index in [9.17, 15) is 18.0 Å². The molecule has 0 saturated carbocycles. The molecule has 1 fully saturated rings. The van der Waals surface area contributed by atoms with Gasteiger partial charge in [0.25, 0.3) is 5.56 Å². The van der Waals surface area contributed by atoms with Gasteiger partial charge in [-0.1, -0.05) is 42.5 Å². The molecule has 182 valence electrons. The number of aromatic nitrogens is 4. The summed E-state index contributed by atoms with van der Waals surface area (Å²) in [6.45, 7) is 3.84. The smallest absolute Gasteiger partial charge is 0.370 e. The summed E-state index contributed by atoms with van der Waals surface area (Å²) in [6, 6.07) is 14.1. The number of aromatic amines is 1. The van der Waals surface area contributed by atoms with Crippen LogP contribution in [0.2, 0.25) is 0 Å². The highest BCUT2D eigenvalue weighted by molar-refractivity contribution is 5.78. The number of benzene rings is 2. The average molecular weight is 483 g/mol. The molecule has 0 radical (unpaired) electrons. The van der Waals surface area contributed by atoms with Crippen LogP contribution >= 0.6 is 0 Å². The molecule has 1 atom stereocenters. The Balaban J connectivity index is 1.51. The van der Waals surface area contributed by atoms with Crippen LogP contribution in [0, 0.1) is 0 Å². The van der Waals surface area contributed by atoms with Gasteiger partial charge >= 0.3 is 6.18 Å². The molecule has 1 unspecified atom stereocenters. The molecule has 4 aromatic rings.